The molecule has 0 amide bonds. The van der Waals surface area contributed by atoms with E-state index in [1.165, 1.54) is 15.9 Å². The van der Waals surface area contributed by atoms with Crippen molar-refractivity contribution in [2.24, 2.45) is 0 Å². The standard InChI is InChI=1S/C18H15P.C3H3ClF3.Au/c1-4-10-16(11-5-1)19(17-12-6-2-7-13-17)18-14-8-3-9-15-18;1-3(6,7)2(4)5;/h1-15H;1H3;/q;-1;+1. The molecule has 0 aliphatic heterocycles. The van der Waals surface area contributed by atoms with Crippen LogP contribution in [0.4, 0.5) is 13.2 Å². The van der Waals surface area contributed by atoms with Gasteiger partial charge in [0.25, 0.3) is 0 Å². The maximum Gasteiger partial charge on any atom is 1.00 e. The van der Waals surface area contributed by atoms with Crippen LogP contribution in [0.2, 0.25) is 0 Å². The Morgan fingerprint density at radius 3 is 1.11 bits per heavy atom. The Morgan fingerprint density at radius 2 is 0.926 bits per heavy atom. The van der Waals surface area contributed by atoms with Crippen molar-refractivity contribution in [1.29, 1.82) is 0 Å². The Bertz CT molecular complexity index is 672. The molecule has 0 fully saturated rings. The molecule has 0 aromatic heterocycles. The molecule has 0 nitrogen and oxygen atoms in total. The third-order valence-corrected chi connectivity index (χ3v) is 6.15. The van der Waals surface area contributed by atoms with E-state index in [1.807, 2.05) is 0 Å². The summed E-state index contributed by atoms with van der Waals surface area (Å²) in [5, 5.41) is 4.19. The van der Waals surface area contributed by atoms with E-state index in [0.717, 1.165) is 0 Å². The van der Waals surface area contributed by atoms with Gasteiger partial charge in [-0.25, -0.2) is 8.78 Å². The first-order valence-corrected chi connectivity index (χ1v) is 9.63. The van der Waals surface area contributed by atoms with Gasteiger partial charge in [-0.3, -0.25) is 0 Å². The second-order valence-electron chi connectivity index (χ2n) is 5.49. The summed E-state index contributed by atoms with van der Waals surface area (Å²) in [5.41, 5.74) is -1.87. The van der Waals surface area contributed by atoms with Gasteiger partial charge in [-0.2, -0.15) is 0 Å². The molecule has 3 rings (SSSR count). The van der Waals surface area contributed by atoms with Crippen molar-refractivity contribution in [3.63, 3.8) is 0 Å². The maximum atomic E-state index is 11.3. The molecule has 0 unspecified atom stereocenters. The molecular formula is C21H18AuClF3P. The van der Waals surface area contributed by atoms with E-state index < -0.39 is 19.5 Å². The Morgan fingerprint density at radius 1 is 0.704 bits per heavy atom. The summed E-state index contributed by atoms with van der Waals surface area (Å²) in [6.07, 6.45) is 0. The predicted octanol–water partition coefficient (Wildman–Crippen LogP) is 5.78. The average molecular weight is 591 g/mol. The van der Waals surface area contributed by atoms with Gasteiger partial charge in [-0.15, -0.1) is 0 Å². The SMILES string of the molecule is CC(F)(F)[C-](F)Cl.[Au+].c1ccc(P(c2ccccc2)c2ccccc2)cc1. The van der Waals surface area contributed by atoms with E-state index in [2.05, 4.69) is 103 Å². The minimum absolute atomic E-state index is 0. The van der Waals surface area contributed by atoms with Gasteiger partial charge in [0.15, 0.2) is 5.92 Å². The van der Waals surface area contributed by atoms with Crippen LogP contribution in [0.1, 0.15) is 6.92 Å². The van der Waals surface area contributed by atoms with E-state index in [1.54, 1.807) is 0 Å². The first kappa shape index (κ1) is 23.9. The third kappa shape index (κ3) is 7.81. The molecule has 0 saturated carbocycles. The predicted molar refractivity (Wildman–Crippen MR) is 106 cm³/mol. The van der Waals surface area contributed by atoms with Crippen LogP contribution in [0.25, 0.3) is 0 Å². The summed E-state index contributed by atoms with van der Waals surface area (Å²) in [6.45, 7) is 0.384. The smallest absolute Gasteiger partial charge is 0.433 e. The molecule has 0 spiro atoms. The first-order chi connectivity index (χ1) is 12.4. The zero-order chi connectivity index (χ0) is 19.0. The van der Waals surface area contributed by atoms with E-state index in [4.69, 9.17) is 0 Å². The fourth-order valence-electron chi connectivity index (χ4n) is 2.18. The van der Waals surface area contributed by atoms with Crippen molar-refractivity contribution in [3.05, 3.63) is 96.6 Å². The Labute approximate surface area is 180 Å². The average Bonchev–Trinajstić information content (AvgIpc) is 2.64. The summed E-state index contributed by atoms with van der Waals surface area (Å²) in [4.78, 5) is 0. The summed E-state index contributed by atoms with van der Waals surface area (Å²) >= 11 is 4.25. The van der Waals surface area contributed by atoms with Gasteiger partial charge in [-0.05, 0) is 36.4 Å². The van der Waals surface area contributed by atoms with E-state index in [-0.39, 0.29) is 22.4 Å². The van der Waals surface area contributed by atoms with Crippen molar-refractivity contribution < 1.29 is 35.6 Å². The van der Waals surface area contributed by atoms with Gasteiger partial charge in [0.05, 0.1) is 0 Å². The molecule has 0 atom stereocenters. The fourth-order valence-corrected chi connectivity index (χ4v) is 4.48. The zero-order valence-electron chi connectivity index (χ0n) is 14.4. The van der Waals surface area contributed by atoms with Crippen LogP contribution < -0.4 is 15.9 Å². The molecule has 0 saturated heterocycles. The largest absolute Gasteiger partial charge is 1.00 e. The molecule has 0 bridgehead atoms. The number of halogens is 4. The van der Waals surface area contributed by atoms with Crippen molar-refractivity contribution >= 4 is 35.4 Å². The molecular weight excluding hydrogens is 573 g/mol. The summed E-state index contributed by atoms with van der Waals surface area (Å²) in [6, 6.07) is 32.3. The van der Waals surface area contributed by atoms with E-state index in [9.17, 15) is 13.2 Å². The minimum Gasteiger partial charge on any atom is -0.433 e. The molecule has 3 aromatic rings. The van der Waals surface area contributed by atoms with Crippen LogP contribution >= 0.6 is 19.5 Å². The maximum absolute atomic E-state index is 11.3. The number of rotatable bonds is 4. The van der Waals surface area contributed by atoms with Crippen LogP contribution in [-0.4, -0.2) is 5.92 Å². The van der Waals surface area contributed by atoms with Crippen molar-refractivity contribution in [2.75, 3.05) is 0 Å². The Hall–Kier alpha value is -1.09. The third-order valence-electron chi connectivity index (χ3n) is 3.38. The quantitative estimate of drug-likeness (QED) is 0.205. The van der Waals surface area contributed by atoms with Gasteiger partial charge >= 0.3 is 22.4 Å². The Balaban J connectivity index is 0.000000395. The first-order valence-electron chi connectivity index (χ1n) is 7.91. The van der Waals surface area contributed by atoms with Gasteiger partial charge in [0, 0.05) is 0 Å². The summed E-state index contributed by atoms with van der Waals surface area (Å²) < 4.78 is 33.7. The Kier molecular flexibility index (Phi) is 10.4. The molecule has 0 radical (unpaired) electrons. The van der Waals surface area contributed by atoms with Crippen LogP contribution in [0.15, 0.2) is 91.0 Å². The molecule has 0 heterocycles. The molecule has 6 heteroatoms. The van der Waals surface area contributed by atoms with Gasteiger partial charge in [0.2, 0.25) is 0 Å². The summed E-state index contributed by atoms with van der Waals surface area (Å²) in [5.74, 6) is -3.48. The monoisotopic (exact) mass is 590 g/mol. The molecule has 0 aliphatic rings. The molecule has 27 heavy (non-hydrogen) atoms. The van der Waals surface area contributed by atoms with Crippen LogP contribution in [0.5, 0.6) is 0 Å². The molecule has 0 N–H and O–H groups in total. The number of benzene rings is 3. The number of alkyl halides is 2. The molecule has 3 aromatic carbocycles. The number of hydrogen-bond acceptors (Lipinski definition) is 0. The van der Waals surface area contributed by atoms with Crippen LogP contribution in [0.3, 0.4) is 0 Å². The molecule has 146 valence electrons. The van der Waals surface area contributed by atoms with Crippen LogP contribution in [0, 0.1) is 5.63 Å². The van der Waals surface area contributed by atoms with Gasteiger partial charge in [-0.1, -0.05) is 91.0 Å². The second-order valence-corrected chi connectivity index (χ2v) is 8.04. The topological polar surface area (TPSA) is 0 Å². The second kappa shape index (κ2) is 11.7. The van der Waals surface area contributed by atoms with Gasteiger partial charge in [0.1, 0.15) is 0 Å². The van der Waals surface area contributed by atoms with Gasteiger partial charge < -0.3 is 16.0 Å². The van der Waals surface area contributed by atoms with Crippen molar-refractivity contribution in [3.8, 4) is 0 Å². The fraction of sp³-hybridized carbons (Fsp3) is 0.0952. The normalized spacial score (nSPS) is 10.8. The van der Waals surface area contributed by atoms with Crippen molar-refractivity contribution in [2.45, 2.75) is 12.8 Å². The number of hydrogen-bond donors (Lipinski definition) is 0. The van der Waals surface area contributed by atoms with E-state index >= 15 is 0 Å². The van der Waals surface area contributed by atoms with E-state index in [0.29, 0.717) is 6.92 Å². The summed E-state index contributed by atoms with van der Waals surface area (Å²) in [7, 11) is -0.446. The molecule has 0 aliphatic carbocycles. The zero-order valence-corrected chi connectivity index (χ0v) is 18.2. The minimum atomic E-state index is -3.48. The van der Waals surface area contributed by atoms with Crippen molar-refractivity contribution in [1.82, 2.24) is 0 Å². The van der Waals surface area contributed by atoms with Crippen LogP contribution in [-0.2, 0) is 22.4 Å².